The third kappa shape index (κ3) is 3.54. The van der Waals surface area contributed by atoms with Crippen molar-refractivity contribution in [1.82, 2.24) is 5.32 Å². The lowest BCUT2D eigenvalue weighted by molar-refractivity contribution is -0.139. The van der Waals surface area contributed by atoms with Gasteiger partial charge >= 0.3 is 5.97 Å². The van der Waals surface area contributed by atoms with Crippen molar-refractivity contribution in [3.8, 4) is 0 Å². The van der Waals surface area contributed by atoms with Crippen LogP contribution in [-0.4, -0.2) is 28.8 Å². The van der Waals surface area contributed by atoms with Crippen LogP contribution in [0.1, 0.15) is 41.6 Å². The van der Waals surface area contributed by atoms with Crippen LogP contribution in [0.3, 0.4) is 0 Å². The molecule has 0 atom stereocenters. The van der Waals surface area contributed by atoms with Crippen molar-refractivity contribution in [3.05, 3.63) is 35.4 Å². The molecule has 1 fully saturated rings. The van der Waals surface area contributed by atoms with Gasteiger partial charge < -0.3 is 10.4 Å². The van der Waals surface area contributed by atoms with Crippen LogP contribution in [0.4, 0.5) is 0 Å². The minimum atomic E-state index is -0.861. The normalized spacial score (nSPS) is 16.2. The molecule has 0 bridgehead atoms. The first kappa shape index (κ1) is 14.9. The average Bonchev–Trinajstić information content (AvgIpc) is 2.36. The standard InChI is InChI=1S/C15H19NO3S/c1-20-10-11-3-5-12(6-4-11)14(19)16-15(7-2-8-15)9-13(17)18/h3-6H,2,7-10H2,1H3,(H,16,19)(H,17,18). The number of aliphatic carboxylic acids is 1. The quantitative estimate of drug-likeness (QED) is 0.846. The second-order valence-corrected chi connectivity index (χ2v) is 6.15. The summed E-state index contributed by atoms with van der Waals surface area (Å²) >= 11 is 1.73. The lowest BCUT2D eigenvalue weighted by Crippen LogP contribution is -2.54. The molecule has 1 aromatic carbocycles. The van der Waals surface area contributed by atoms with Gasteiger partial charge in [0.05, 0.1) is 12.0 Å². The van der Waals surface area contributed by atoms with Crippen molar-refractivity contribution in [2.24, 2.45) is 0 Å². The number of hydrogen-bond donors (Lipinski definition) is 2. The molecule has 108 valence electrons. The number of nitrogens with one attached hydrogen (secondary N) is 1. The van der Waals surface area contributed by atoms with Crippen LogP contribution < -0.4 is 5.32 Å². The van der Waals surface area contributed by atoms with E-state index >= 15 is 0 Å². The number of rotatable bonds is 6. The van der Waals surface area contributed by atoms with Crippen molar-refractivity contribution in [2.75, 3.05) is 6.26 Å². The molecule has 0 radical (unpaired) electrons. The largest absolute Gasteiger partial charge is 0.481 e. The molecule has 0 aliphatic heterocycles. The number of thioether (sulfide) groups is 1. The van der Waals surface area contributed by atoms with E-state index in [2.05, 4.69) is 5.32 Å². The van der Waals surface area contributed by atoms with E-state index in [1.54, 1.807) is 23.9 Å². The summed E-state index contributed by atoms with van der Waals surface area (Å²) in [6.45, 7) is 0. The van der Waals surface area contributed by atoms with Gasteiger partial charge in [-0.25, -0.2) is 0 Å². The number of carboxylic acids is 1. The van der Waals surface area contributed by atoms with Gasteiger partial charge in [0.1, 0.15) is 0 Å². The predicted octanol–water partition coefficient (Wildman–Crippen LogP) is 2.68. The highest BCUT2D eigenvalue weighted by Crippen LogP contribution is 2.35. The number of hydrogen-bond acceptors (Lipinski definition) is 3. The first-order chi connectivity index (χ1) is 9.54. The van der Waals surface area contributed by atoms with Crippen LogP contribution in [0.2, 0.25) is 0 Å². The zero-order valence-corrected chi connectivity index (χ0v) is 12.3. The van der Waals surface area contributed by atoms with E-state index in [1.165, 1.54) is 5.56 Å². The predicted molar refractivity (Wildman–Crippen MR) is 80.0 cm³/mol. The van der Waals surface area contributed by atoms with Crippen molar-refractivity contribution >= 4 is 23.6 Å². The van der Waals surface area contributed by atoms with E-state index in [-0.39, 0.29) is 12.3 Å². The second-order valence-electron chi connectivity index (χ2n) is 5.29. The third-order valence-electron chi connectivity index (χ3n) is 3.71. The number of amides is 1. The van der Waals surface area contributed by atoms with Crippen LogP contribution >= 0.6 is 11.8 Å². The highest BCUT2D eigenvalue weighted by atomic mass is 32.2. The van der Waals surface area contributed by atoms with Gasteiger partial charge in [-0.15, -0.1) is 0 Å². The molecule has 0 spiro atoms. The summed E-state index contributed by atoms with van der Waals surface area (Å²) in [6, 6.07) is 7.48. The Kier molecular flexibility index (Phi) is 4.70. The van der Waals surface area contributed by atoms with Gasteiger partial charge in [-0.3, -0.25) is 9.59 Å². The van der Waals surface area contributed by atoms with Crippen molar-refractivity contribution in [1.29, 1.82) is 0 Å². The van der Waals surface area contributed by atoms with Gasteiger partial charge in [0, 0.05) is 11.3 Å². The third-order valence-corrected chi connectivity index (χ3v) is 4.33. The molecule has 20 heavy (non-hydrogen) atoms. The fraction of sp³-hybridized carbons (Fsp3) is 0.467. The molecule has 5 heteroatoms. The molecule has 1 aliphatic carbocycles. The fourth-order valence-corrected chi connectivity index (χ4v) is 3.00. The molecule has 0 unspecified atom stereocenters. The zero-order chi connectivity index (χ0) is 14.6. The maximum absolute atomic E-state index is 12.2. The minimum absolute atomic E-state index is 0.00327. The Hall–Kier alpha value is -1.49. The molecule has 1 saturated carbocycles. The van der Waals surface area contributed by atoms with Crippen molar-refractivity contribution in [2.45, 2.75) is 37.0 Å². The van der Waals surface area contributed by atoms with E-state index < -0.39 is 11.5 Å². The summed E-state index contributed by atoms with van der Waals surface area (Å²) < 4.78 is 0. The van der Waals surface area contributed by atoms with Crippen LogP contribution in [0.15, 0.2) is 24.3 Å². The molecule has 1 amide bonds. The lowest BCUT2D eigenvalue weighted by Gasteiger charge is -2.41. The number of carboxylic acid groups (broad SMARTS) is 1. The molecular formula is C15H19NO3S. The Morgan fingerprint density at radius 1 is 1.30 bits per heavy atom. The smallest absolute Gasteiger partial charge is 0.305 e. The molecule has 0 saturated heterocycles. The first-order valence-corrected chi connectivity index (χ1v) is 8.06. The van der Waals surface area contributed by atoms with Gasteiger partial charge in [0.25, 0.3) is 5.91 Å². The molecule has 1 aliphatic rings. The molecule has 4 nitrogen and oxygen atoms in total. The maximum Gasteiger partial charge on any atom is 0.305 e. The number of benzene rings is 1. The lowest BCUT2D eigenvalue weighted by atomic mass is 9.74. The molecule has 1 aromatic rings. The van der Waals surface area contributed by atoms with Crippen LogP contribution in [-0.2, 0) is 10.5 Å². The minimum Gasteiger partial charge on any atom is -0.481 e. The number of carbonyl (C=O) groups is 2. The highest BCUT2D eigenvalue weighted by Gasteiger charge is 2.40. The Labute approximate surface area is 123 Å². The Morgan fingerprint density at radius 3 is 2.40 bits per heavy atom. The first-order valence-electron chi connectivity index (χ1n) is 6.67. The summed E-state index contributed by atoms with van der Waals surface area (Å²) in [4.78, 5) is 23.1. The van der Waals surface area contributed by atoms with Gasteiger partial charge in [-0.1, -0.05) is 12.1 Å². The van der Waals surface area contributed by atoms with E-state index in [4.69, 9.17) is 5.11 Å². The fourth-order valence-electron chi connectivity index (χ4n) is 2.47. The molecule has 2 rings (SSSR count). The zero-order valence-electron chi connectivity index (χ0n) is 11.5. The van der Waals surface area contributed by atoms with Gasteiger partial charge in [-0.2, -0.15) is 11.8 Å². The topological polar surface area (TPSA) is 66.4 Å². The molecule has 0 heterocycles. The second kappa shape index (κ2) is 6.31. The van der Waals surface area contributed by atoms with E-state index in [9.17, 15) is 9.59 Å². The Bertz CT molecular complexity index is 494. The summed E-state index contributed by atoms with van der Waals surface area (Å²) in [6.07, 6.45) is 4.50. The average molecular weight is 293 g/mol. The van der Waals surface area contributed by atoms with Gasteiger partial charge in [-0.05, 0) is 43.2 Å². The van der Waals surface area contributed by atoms with Crippen molar-refractivity contribution < 1.29 is 14.7 Å². The van der Waals surface area contributed by atoms with Crippen LogP contribution in [0.25, 0.3) is 0 Å². The van der Waals surface area contributed by atoms with Gasteiger partial charge in [0.2, 0.25) is 0 Å². The van der Waals surface area contributed by atoms with Crippen LogP contribution in [0, 0.1) is 0 Å². The SMILES string of the molecule is CSCc1ccc(C(=O)NC2(CC(=O)O)CCC2)cc1. The summed E-state index contributed by atoms with van der Waals surface area (Å²) in [5, 5.41) is 11.8. The Balaban J connectivity index is 2.01. The van der Waals surface area contributed by atoms with E-state index in [1.807, 2.05) is 18.4 Å². The highest BCUT2D eigenvalue weighted by molar-refractivity contribution is 7.97. The maximum atomic E-state index is 12.2. The number of carbonyl (C=O) groups excluding carboxylic acids is 1. The van der Waals surface area contributed by atoms with Gasteiger partial charge in [0.15, 0.2) is 0 Å². The molecule has 0 aromatic heterocycles. The summed E-state index contributed by atoms with van der Waals surface area (Å²) in [5.41, 5.74) is 1.23. The monoisotopic (exact) mass is 293 g/mol. The van der Waals surface area contributed by atoms with E-state index in [0.717, 1.165) is 25.0 Å². The summed E-state index contributed by atoms with van der Waals surface area (Å²) in [5.74, 6) is -0.118. The van der Waals surface area contributed by atoms with E-state index in [0.29, 0.717) is 5.56 Å². The molecule has 2 N–H and O–H groups in total. The molecular weight excluding hydrogens is 274 g/mol. The van der Waals surface area contributed by atoms with Crippen molar-refractivity contribution in [3.63, 3.8) is 0 Å². The Morgan fingerprint density at radius 2 is 1.95 bits per heavy atom. The summed E-state index contributed by atoms with van der Waals surface area (Å²) in [7, 11) is 0. The van der Waals surface area contributed by atoms with Crippen LogP contribution in [0.5, 0.6) is 0 Å².